The summed E-state index contributed by atoms with van der Waals surface area (Å²) in [7, 11) is 0. The molecule has 1 aromatic heterocycles. The summed E-state index contributed by atoms with van der Waals surface area (Å²) in [5, 5.41) is 3.52. The van der Waals surface area contributed by atoms with Crippen molar-refractivity contribution in [3.05, 3.63) is 41.2 Å². The van der Waals surface area contributed by atoms with E-state index in [1.807, 2.05) is 12.3 Å². The summed E-state index contributed by atoms with van der Waals surface area (Å²) in [4.78, 5) is 4.48. The fourth-order valence-corrected chi connectivity index (χ4v) is 1.69. The maximum atomic E-state index is 4.48. The first kappa shape index (κ1) is 12.9. The Morgan fingerprint density at radius 2 is 2.25 bits per heavy atom. The number of hydrogen-bond donors (Lipinski definition) is 1. The molecule has 1 heterocycles. The van der Waals surface area contributed by atoms with E-state index in [9.17, 15) is 0 Å². The van der Waals surface area contributed by atoms with Crippen molar-refractivity contribution in [2.24, 2.45) is 0 Å². The van der Waals surface area contributed by atoms with Gasteiger partial charge in [0, 0.05) is 6.20 Å². The Bertz CT molecular complexity index is 352. The van der Waals surface area contributed by atoms with Crippen LogP contribution in [0.25, 0.3) is 0 Å². The van der Waals surface area contributed by atoms with Gasteiger partial charge in [-0.2, -0.15) is 0 Å². The quantitative estimate of drug-likeness (QED) is 0.766. The monoisotopic (exact) mass is 218 g/mol. The molecule has 0 aliphatic rings. The number of pyridine rings is 1. The van der Waals surface area contributed by atoms with Crippen LogP contribution in [0, 0.1) is 6.92 Å². The third-order valence-corrected chi connectivity index (χ3v) is 2.46. The van der Waals surface area contributed by atoms with Crippen LogP contribution in [0.2, 0.25) is 0 Å². The summed E-state index contributed by atoms with van der Waals surface area (Å²) >= 11 is 0. The molecule has 88 valence electrons. The van der Waals surface area contributed by atoms with Crippen molar-refractivity contribution in [3.63, 3.8) is 0 Å². The molecule has 16 heavy (non-hydrogen) atoms. The van der Waals surface area contributed by atoms with Gasteiger partial charge in [0.1, 0.15) is 0 Å². The molecular formula is C14H22N2. The van der Waals surface area contributed by atoms with E-state index in [0.29, 0.717) is 0 Å². The molecule has 0 saturated heterocycles. The minimum atomic E-state index is 0.242. The Morgan fingerprint density at radius 1 is 1.50 bits per heavy atom. The van der Waals surface area contributed by atoms with Crippen molar-refractivity contribution in [2.75, 3.05) is 6.54 Å². The summed E-state index contributed by atoms with van der Waals surface area (Å²) in [6.45, 7) is 9.56. The van der Waals surface area contributed by atoms with Gasteiger partial charge < -0.3 is 5.32 Å². The van der Waals surface area contributed by atoms with Gasteiger partial charge in [0.05, 0.1) is 11.7 Å². The molecule has 0 fully saturated rings. The van der Waals surface area contributed by atoms with E-state index >= 15 is 0 Å². The number of allylic oxidation sites excluding steroid dienone is 1. The molecule has 1 aromatic rings. The van der Waals surface area contributed by atoms with Gasteiger partial charge in [0.15, 0.2) is 0 Å². The number of aromatic nitrogens is 1. The molecule has 1 unspecified atom stereocenters. The van der Waals surface area contributed by atoms with Crippen LogP contribution in [-0.4, -0.2) is 11.5 Å². The number of nitrogens with zero attached hydrogens (tertiary/aromatic N) is 1. The largest absolute Gasteiger partial charge is 0.305 e. The topological polar surface area (TPSA) is 24.9 Å². The second kappa shape index (κ2) is 6.44. The van der Waals surface area contributed by atoms with Crippen LogP contribution in [0.4, 0.5) is 0 Å². The van der Waals surface area contributed by atoms with E-state index in [-0.39, 0.29) is 6.04 Å². The van der Waals surface area contributed by atoms with Crippen LogP contribution < -0.4 is 5.32 Å². The van der Waals surface area contributed by atoms with Crippen molar-refractivity contribution in [1.29, 1.82) is 0 Å². The maximum absolute atomic E-state index is 4.48. The second-order valence-electron chi connectivity index (χ2n) is 4.38. The third kappa shape index (κ3) is 3.78. The lowest BCUT2D eigenvalue weighted by atomic mass is 10.1. The van der Waals surface area contributed by atoms with Crippen molar-refractivity contribution in [1.82, 2.24) is 10.3 Å². The average Bonchev–Trinajstić information content (AvgIpc) is 2.24. The van der Waals surface area contributed by atoms with Crippen LogP contribution in [0.5, 0.6) is 0 Å². The zero-order valence-corrected chi connectivity index (χ0v) is 10.7. The first-order valence-corrected chi connectivity index (χ1v) is 5.95. The molecule has 0 aliphatic carbocycles. The standard InChI is InChI=1S/C14H22N2/c1-5-8-15-13(10-11(2)3)14-12(4)7-6-9-16-14/h6-7,9-10,13,15H,5,8H2,1-4H3. The smallest absolute Gasteiger partial charge is 0.0686 e. The van der Waals surface area contributed by atoms with Crippen LogP contribution >= 0.6 is 0 Å². The number of rotatable bonds is 5. The molecule has 1 atom stereocenters. The second-order valence-corrected chi connectivity index (χ2v) is 4.38. The van der Waals surface area contributed by atoms with E-state index in [0.717, 1.165) is 18.7 Å². The molecule has 0 saturated carbocycles. The van der Waals surface area contributed by atoms with Crippen molar-refractivity contribution in [3.8, 4) is 0 Å². The van der Waals surface area contributed by atoms with Gasteiger partial charge in [-0.15, -0.1) is 0 Å². The fraction of sp³-hybridized carbons (Fsp3) is 0.500. The van der Waals surface area contributed by atoms with Crippen LogP contribution in [0.1, 0.15) is 44.5 Å². The Morgan fingerprint density at radius 3 is 2.81 bits per heavy atom. The highest BCUT2D eigenvalue weighted by Gasteiger charge is 2.10. The highest BCUT2D eigenvalue weighted by Crippen LogP contribution is 2.17. The third-order valence-electron chi connectivity index (χ3n) is 2.46. The summed E-state index contributed by atoms with van der Waals surface area (Å²) in [6, 6.07) is 4.34. The number of nitrogens with one attached hydrogen (secondary N) is 1. The number of hydrogen-bond acceptors (Lipinski definition) is 2. The first-order valence-electron chi connectivity index (χ1n) is 5.95. The minimum absolute atomic E-state index is 0.242. The van der Waals surface area contributed by atoms with Crippen LogP contribution in [-0.2, 0) is 0 Å². The summed E-state index contributed by atoms with van der Waals surface area (Å²) in [5.74, 6) is 0. The average molecular weight is 218 g/mol. The van der Waals surface area contributed by atoms with Gasteiger partial charge in [-0.3, -0.25) is 4.98 Å². The molecule has 0 amide bonds. The molecule has 0 aromatic carbocycles. The molecule has 0 aliphatic heterocycles. The van der Waals surface area contributed by atoms with Gasteiger partial charge in [0.2, 0.25) is 0 Å². The van der Waals surface area contributed by atoms with Crippen molar-refractivity contribution in [2.45, 2.75) is 40.2 Å². The van der Waals surface area contributed by atoms with E-state index in [2.05, 4.69) is 50.1 Å². The van der Waals surface area contributed by atoms with Gasteiger partial charge in [-0.1, -0.05) is 24.6 Å². The normalized spacial score (nSPS) is 12.2. The first-order chi connectivity index (χ1) is 7.65. The van der Waals surface area contributed by atoms with E-state index in [4.69, 9.17) is 0 Å². The lowest BCUT2D eigenvalue weighted by Crippen LogP contribution is -2.22. The summed E-state index contributed by atoms with van der Waals surface area (Å²) in [5.41, 5.74) is 3.70. The Labute approximate surface area is 98.8 Å². The van der Waals surface area contributed by atoms with E-state index in [1.165, 1.54) is 11.1 Å². The maximum Gasteiger partial charge on any atom is 0.0686 e. The van der Waals surface area contributed by atoms with Crippen molar-refractivity contribution >= 4 is 0 Å². The molecule has 0 bridgehead atoms. The minimum Gasteiger partial charge on any atom is -0.305 e. The highest BCUT2D eigenvalue weighted by molar-refractivity contribution is 5.25. The lowest BCUT2D eigenvalue weighted by Gasteiger charge is -2.16. The Kier molecular flexibility index (Phi) is 5.20. The predicted molar refractivity (Wildman–Crippen MR) is 69.4 cm³/mol. The van der Waals surface area contributed by atoms with E-state index in [1.54, 1.807) is 0 Å². The van der Waals surface area contributed by atoms with Gasteiger partial charge in [0.25, 0.3) is 0 Å². The van der Waals surface area contributed by atoms with Crippen LogP contribution in [0.15, 0.2) is 30.0 Å². The van der Waals surface area contributed by atoms with Crippen molar-refractivity contribution < 1.29 is 0 Å². The zero-order chi connectivity index (χ0) is 12.0. The predicted octanol–water partition coefficient (Wildman–Crippen LogP) is 3.40. The van der Waals surface area contributed by atoms with Gasteiger partial charge in [-0.25, -0.2) is 0 Å². The summed E-state index contributed by atoms with van der Waals surface area (Å²) in [6.07, 6.45) is 5.24. The number of aryl methyl sites for hydroxylation is 1. The van der Waals surface area contributed by atoms with Crippen LogP contribution in [0.3, 0.4) is 0 Å². The lowest BCUT2D eigenvalue weighted by molar-refractivity contribution is 0.595. The van der Waals surface area contributed by atoms with E-state index < -0.39 is 0 Å². The Hall–Kier alpha value is -1.15. The molecular weight excluding hydrogens is 196 g/mol. The SMILES string of the molecule is CCCNC(C=C(C)C)c1ncccc1C. The molecule has 2 nitrogen and oxygen atoms in total. The molecule has 0 spiro atoms. The summed E-state index contributed by atoms with van der Waals surface area (Å²) < 4.78 is 0. The van der Waals surface area contributed by atoms with Gasteiger partial charge >= 0.3 is 0 Å². The molecule has 1 rings (SSSR count). The fourth-order valence-electron chi connectivity index (χ4n) is 1.69. The molecule has 0 radical (unpaired) electrons. The molecule has 2 heteroatoms. The zero-order valence-electron chi connectivity index (χ0n) is 10.7. The molecule has 1 N–H and O–H groups in total. The Balaban J connectivity index is 2.92. The highest BCUT2D eigenvalue weighted by atomic mass is 14.9. The van der Waals surface area contributed by atoms with Gasteiger partial charge in [-0.05, 0) is 45.4 Å².